The Bertz CT molecular complexity index is 712. The molecule has 0 aliphatic carbocycles. The van der Waals surface area contributed by atoms with Gasteiger partial charge in [-0.15, -0.1) is 0 Å². The molecule has 0 unspecified atom stereocenters. The number of nitrogens with zero attached hydrogens (tertiary/aromatic N) is 1. The SMILES string of the molecule is c1ccc2c(c1)CCN2c1c[nH]c2ccccc12. The Balaban J connectivity index is 1.90. The largest absolute Gasteiger partial charge is 0.359 e. The summed E-state index contributed by atoms with van der Waals surface area (Å²) in [6.45, 7) is 1.07. The second-order valence-electron chi connectivity index (χ2n) is 4.75. The van der Waals surface area contributed by atoms with Crippen molar-refractivity contribution in [3.63, 3.8) is 0 Å². The van der Waals surface area contributed by atoms with E-state index in [1.165, 1.54) is 27.8 Å². The smallest absolute Gasteiger partial charge is 0.0668 e. The highest BCUT2D eigenvalue weighted by molar-refractivity contribution is 5.95. The first-order chi connectivity index (χ1) is 8.93. The Morgan fingerprint density at radius 2 is 1.72 bits per heavy atom. The first kappa shape index (κ1) is 9.77. The number of aromatic nitrogens is 1. The van der Waals surface area contributed by atoms with Gasteiger partial charge in [0.1, 0.15) is 0 Å². The van der Waals surface area contributed by atoms with Crippen LogP contribution in [0.5, 0.6) is 0 Å². The van der Waals surface area contributed by atoms with Crippen molar-refractivity contribution >= 4 is 22.3 Å². The van der Waals surface area contributed by atoms with Gasteiger partial charge in [-0.2, -0.15) is 0 Å². The minimum absolute atomic E-state index is 1.07. The number of para-hydroxylation sites is 2. The number of hydrogen-bond donors (Lipinski definition) is 1. The van der Waals surface area contributed by atoms with E-state index in [0.29, 0.717) is 0 Å². The molecule has 2 aromatic carbocycles. The lowest BCUT2D eigenvalue weighted by Crippen LogP contribution is -2.12. The molecule has 0 amide bonds. The Morgan fingerprint density at radius 3 is 2.72 bits per heavy atom. The van der Waals surface area contributed by atoms with E-state index in [-0.39, 0.29) is 0 Å². The van der Waals surface area contributed by atoms with Gasteiger partial charge >= 0.3 is 0 Å². The van der Waals surface area contributed by atoms with Gasteiger partial charge in [-0.3, -0.25) is 0 Å². The van der Waals surface area contributed by atoms with Gasteiger partial charge in [0.05, 0.1) is 5.69 Å². The molecule has 1 aliphatic rings. The molecule has 2 nitrogen and oxygen atoms in total. The fourth-order valence-electron chi connectivity index (χ4n) is 2.87. The number of rotatable bonds is 1. The van der Waals surface area contributed by atoms with Gasteiger partial charge in [0.15, 0.2) is 0 Å². The molecule has 1 aliphatic heterocycles. The van der Waals surface area contributed by atoms with Crippen LogP contribution in [0.4, 0.5) is 11.4 Å². The topological polar surface area (TPSA) is 19.0 Å². The van der Waals surface area contributed by atoms with E-state index in [1.807, 2.05) is 0 Å². The predicted octanol–water partition coefficient (Wildman–Crippen LogP) is 3.86. The van der Waals surface area contributed by atoms with Crippen LogP contribution in [0.2, 0.25) is 0 Å². The minimum atomic E-state index is 1.07. The summed E-state index contributed by atoms with van der Waals surface area (Å²) in [5.41, 5.74) is 5.29. The predicted molar refractivity (Wildman–Crippen MR) is 75.5 cm³/mol. The van der Waals surface area contributed by atoms with Crippen molar-refractivity contribution in [3.8, 4) is 0 Å². The molecular formula is C16H14N2. The molecule has 18 heavy (non-hydrogen) atoms. The normalized spacial score (nSPS) is 14.1. The van der Waals surface area contributed by atoms with Crippen molar-refractivity contribution in [1.29, 1.82) is 0 Å². The second kappa shape index (κ2) is 3.64. The van der Waals surface area contributed by atoms with Gasteiger partial charge in [-0.1, -0.05) is 36.4 Å². The summed E-state index contributed by atoms with van der Waals surface area (Å²) >= 11 is 0. The zero-order chi connectivity index (χ0) is 11.9. The monoisotopic (exact) mass is 234 g/mol. The summed E-state index contributed by atoms with van der Waals surface area (Å²) in [5, 5.41) is 1.30. The number of H-pyrrole nitrogens is 1. The number of anilines is 2. The number of hydrogen-bond acceptors (Lipinski definition) is 1. The summed E-state index contributed by atoms with van der Waals surface area (Å²) in [6, 6.07) is 17.2. The van der Waals surface area contributed by atoms with Gasteiger partial charge in [-0.05, 0) is 24.1 Å². The van der Waals surface area contributed by atoms with E-state index in [2.05, 4.69) is 64.6 Å². The van der Waals surface area contributed by atoms with Gasteiger partial charge < -0.3 is 9.88 Å². The summed E-state index contributed by atoms with van der Waals surface area (Å²) < 4.78 is 0. The molecule has 0 atom stereocenters. The molecule has 0 bridgehead atoms. The number of fused-ring (bicyclic) bond motifs is 2. The highest BCUT2D eigenvalue weighted by Gasteiger charge is 2.21. The molecule has 4 rings (SSSR count). The Kier molecular flexibility index (Phi) is 1.97. The first-order valence-corrected chi connectivity index (χ1v) is 6.35. The van der Waals surface area contributed by atoms with Gasteiger partial charge in [-0.25, -0.2) is 0 Å². The lowest BCUT2D eigenvalue weighted by atomic mass is 10.2. The van der Waals surface area contributed by atoms with Crippen LogP contribution < -0.4 is 4.90 Å². The molecule has 88 valence electrons. The van der Waals surface area contributed by atoms with Crippen molar-refractivity contribution < 1.29 is 0 Å². The van der Waals surface area contributed by atoms with Crippen molar-refractivity contribution in [2.45, 2.75) is 6.42 Å². The van der Waals surface area contributed by atoms with Gasteiger partial charge in [0.2, 0.25) is 0 Å². The van der Waals surface area contributed by atoms with Crippen LogP contribution in [-0.2, 0) is 6.42 Å². The van der Waals surface area contributed by atoms with E-state index in [0.717, 1.165) is 13.0 Å². The van der Waals surface area contributed by atoms with E-state index in [1.54, 1.807) is 0 Å². The van der Waals surface area contributed by atoms with Crippen molar-refractivity contribution in [2.75, 3.05) is 11.4 Å². The Morgan fingerprint density at radius 1 is 0.889 bits per heavy atom. The van der Waals surface area contributed by atoms with E-state index in [4.69, 9.17) is 0 Å². The maximum absolute atomic E-state index is 3.35. The number of benzene rings is 2. The zero-order valence-corrected chi connectivity index (χ0v) is 10.1. The van der Waals surface area contributed by atoms with Gasteiger partial charge in [0.25, 0.3) is 0 Å². The van der Waals surface area contributed by atoms with Crippen molar-refractivity contribution in [1.82, 2.24) is 4.98 Å². The third kappa shape index (κ3) is 1.29. The molecule has 0 radical (unpaired) electrons. The summed E-state index contributed by atoms with van der Waals surface area (Å²) in [4.78, 5) is 5.77. The maximum Gasteiger partial charge on any atom is 0.0668 e. The highest BCUT2D eigenvalue weighted by atomic mass is 15.2. The molecular weight excluding hydrogens is 220 g/mol. The molecule has 1 N–H and O–H groups in total. The molecule has 0 fully saturated rings. The highest BCUT2D eigenvalue weighted by Crippen LogP contribution is 2.37. The van der Waals surface area contributed by atoms with Crippen LogP contribution in [-0.4, -0.2) is 11.5 Å². The van der Waals surface area contributed by atoms with Crippen LogP contribution in [0, 0.1) is 0 Å². The molecule has 1 aromatic heterocycles. The summed E-state index contributed by atoms with van der Waals surface area (Å²) in [7, 11) is 0. The zero-order valence-electron chi connectivity index (χ0n) is 10.1. The summed E-state index contributed by atoms with van der Waals surface area (Å²) in [5.74, 6) is 0. The third-order valence-corrected chi connectivity index (χ3v) is 3.75. The number of nitrogens with one attached hydrogen (secondary N) is 1. The lowest BCUT2D eigenvalue weighted by Gasteiger charge is -2.18. The molecule has 2 heteroatoms. The fraction of sp³-hybridized carbons (Fsp3) is 0.125. The lowest BCUT2D eigenvalue weighted by molar-refractivity contribution is 1.00. The molecule has 0 spiro atoms. The number of aromatic amines is 1. The van der Waals surface area contributed by atoms with Crippen molar-refractivity contribution in [2.24, 2.45) is 0 Å². The Labute approximate surface area is 106 Å². The van der Waals surface area contributed by atoms with E-state index in [9.17, 15) is 0 Å². The quantitative estimate of drug-likeness (QED) is 0.677. The molecule has 0 saturated heterocycles. The van der Waals surface area contributed by atoms with Gasteiger partial charge in [0, 0.05) is 29.3 Å². The Hall–Kier alpha value is -2.22. The standard InChI is InChI=1S/C16H14N2/c1-4-8-15-12(5-1)9-10-18(15)16-11-17-14-7-3-2-6-13(14)16/h1-8,11,17H,9-10H2. The molecule has 0 saturated carbocycles. The first-order valence-electron chi connectivity index (χ1n) is 6.35. The maximum atomic E-state index is 3.35. The van der Waals surface area contributed by atoms with E-state index >= 15 is 0 Å². The van der Waals surface area contributed by atoms with Crippen LogP contribution in [0.25, 0.3) is 10.9 Å². The average Bonchev–Trinajstić information content (AvgIpc) is 3.01. The minimum Gasteiger partial charge on any atom is -0.359 e. The van der Waals surface area contributed by atoms with E-state index < -0.39 is 0 Å². The van der Waals surface area contributed by atoms with Crippen molar-refractivity contribution in [3.05, 3.63) is 60.3 Å². The second-order valence-corrected chi connectivity index (χ2v) is 4.75. The van der Waals surface area contributed by atoms with Crippen LogP contribution in [0.1, 0.15) is 5.56 Å². The summed E-state index contributed by atoms with van der Waals surface area (Å²) in [6.07, 6.45) is 3.25. The van der Waals surface area contributed by atoms with Crippen LogP contribution in [0.15, 0.2) is 54.7 Å². The molecule has 3 aromatic rings. The average molecular weight is 234 g/mol. The van der Waals surface area contributed by atoms with Crippen LogP contribution >= 0.6 is 0 Å². The fourth-order valence-corrected chi connectivity index (χ4v) is 2.87. The van der Waals surface area contributed by atoms with Crippen LogP contribution in [0.3, 0.4) is 0 Å². The molecule has 2 heterocycles. The third-order valence-electron chi connectivity index (χ3n) is 3.75.